The molecule has 0 aliphatic carbocycles. The zero-order valence-corrected chi connectivity index (χ0v) is 8.44. The fourth-order valence-corrected chi connectivity index (χ4v) is 1.67. The van der Waals surface area contributed by atoms with Crippen LogP contribution in [0.4, 0.5) is 0 Å². The number of nitrogens with one attached hydrogen (secondary N) is 1. The molecule has 0 amide bonds. The molecular weight excluding hydrogens is 162 g/mol. The van der Waals surface area contributed by atoms with Crippen molar-refractivity contribution < 1.29 is 4.79 Å². The largest absolute Gasteiger partial charge is 0.314 e. The number of rotatable bonds is 3. The third kappa shape index (κ3) is 3.73. The van der Waals surface area contributed by atoms with Crippen molar-refractivity contribution in [2.75, 3.05) is 6.54 Å². The van der Waals surface area contributed by atoms with Gasteiger partial charge >= 0.3 is 0 Å². The molecule has 1 heterocycles. The Labute approximate surface area is 80.4 Å². The zero-order valence-electron chi connectivity index (χ0n) is 8.44. The Kier molecular flexibility index (Phi) is 4.16. The molecule has 2 heteroatoms. The number of Topliss-reactive ketones (excluding diaryl/α,β-unsaturated/α-hetero) is 1. The van der Waals surface area contributed by atoms with Crippen LogP contribution >= 0.6 is 0 Å². The van der Waals surface area contributed by atoms with Gasteiger partial charge in [0.15, 0.2) is 5.78 Å². The van der Waals surface area contributed by atoms with E-state index < -0.39 is 0 Å². The quantitative estimate of drug-likeness (QED) is 0.675. The van der Waals surface area contributed by atoms with E-state index in [-0.39, 0.29) is 5.78 Å². The highest BCUT2D eigenvalue weighted by atomic mass is 16.1. The maximum absolute atomic E-state index is 11.4. The highest BCUT2D eigenvalue weighted by Gasteiger charge is 2.15. The molecule has 0 saturated carbocycles. The van der Waals surface area contributed by atoms with Gasteiger partial charge < -0.3 is 5.32 Å². The first kappa shape index (κ1) is 10.5. The predicted octanol–water partition coefficient (Wildman–Crippen LogP) is 2.05. The minimum atomic E-state index is 0.208. The molecule has 13 heavy (non-hydrogen) atoms. The molecule has 0 aromatic rings. The first-order valence-corrected chi connectivity index (χ1v) is 5.12. The minimum Gasteiger partial charge on any atom is -0.314 e. The van der Waals surface area contributed by atoms with E-state index in [0.717, 1.165) is 13.0 Å². The summed E-state index contributed by atoms with van der Waals surface area (Å²) in [5.41, 5.74) is 0.686. The van der Waals surface area contributed by atoms with Gasteiger partial charge in [0.1, 0.15) is 0 Å². The van der Waals surface area contributed by atoms with Gasteiger partial charge in [0.25, 0.3) is 0 Å². The van der Waals surface area contributed by atoms with Crippen molar-refractivity contribution in [3.05, 3.63) is 12.2 Å². The second-order valence-electron chi connectivity index (χ2n) is 3.91. The van der Waals surface area contributed by atoms with E-state index in [9.17, 15) is 4.79 Å². The van der Waals surface area contributed by atoms with Crippen molar-refractivity contribution >= 4 is 5.78 Å². The summed E-state index contributed by atoms with van der Waals surface area (Å²) >= 11 is 0. The number of ketones is 1. The molecule has 2 nitrogen and oxygen atoms in total. The van der Waals surface area contributed by atoms with Gasteiger partial charge in [-0.3, -0.25) is 4.79 Å². The summed E-state index contributed by atoms with van der Waals surface area (Å²) in [4.78, 5) is 11.4. The summed E-state index contributed by atoms with van der Waals surface area (Å²) in [6, 6.07) is 0.395. The lowest BCUT2D eigenvalue weighted by molar-refractivity contribution is -0.116. The van der Waals surface area contributed by atoms with E-state index in [1.807, 2.05) is 0 Å². The van der Waals surface area contributed by atoms with Crippen LogP contribution in [0.3, 0.4) is 0 Å². The highest BCUT2D eigenvalue weighted by Crippen LogP contribution is 2.12. The molecule has 1 aliphatic rings. The van der Waals surface area contributed by atoms with Crippen molar-refractivity contribution in [1.29, 1.82) is 0 Å². The van der Waals surface area contributed by atoms with Crippen molar-refractivity contribution in [2.24, 2.45) is 0 Å². The summed E-state index contributed by atoms with van der Waals surface area (Å²) in [7, 11) is 0. The normalized spacial score (nSPS) is 23.6. The molecule has 0 unspecified atom stereocenters. The number of hydrogen-bond donors (Lipinski definition) is 1. The van der Waals surface area contributed by atoms with E-state index in [2.05, 4.69) is 11.9 Å². The van der Waals surface area contributed by atoms with Gasteiger partial charge in [-0.2, -0.15) is 0 Å². The predicted molar refractivity (Wildman–Crippen MR) is 54.7 cm³/mol. The molecule has 1 rings (SSSR count). The summed E-state index contributed by atoms with van der Waals surface area (Å²) in [5, 5.41) is 3.41. The maximum Gasteiger partial charge on any atom is 0.159 e. The molecule has 1 aliphatic heterocycles. The Morgan fingerprint density at radius 3 is 2.92 bits per heavy atom. The lowest BCUT2D eigenvalue weighted by atomic mass is 10.0. The molecule has 0 bridgehead atoms. The smallest absolute Gasteiger partial charge is 0.159 e. The first-order chi connectivity index (χ1) is 6.20. The second-order valence-corrected chi connectivity index (χ2v) is 3.91. The standard InChI is InChI=1S/C11H19NO/c1-9(2)11(13)8-10-6-4-3-5-7-12-10/h10,12H,1,3-8H2,2H3/t10-/m1/s1. The average Bonchev–Trinajstić information content (AvgIpc) is 2.32. The Bertz CT molecular complexity index is 190. The van der Waals surface area contributed by atoms with Crippen LogP contribution in [0.1, 0.15) is 39.0 Å². The Morgan fingerprint density at radius 2 is 2.23 bits per heavy atom. The lowest BCUT2D eigenvalue weighted by Gasteiger charge is -2.14. The summed E-state index contributed by atoms with van der Waals surface area (Å²) < 4.78 is 0. The van der Waals surface area contributed by atoms with Crippen LogP contribution in [0.5, 0.6) is 0 Å². The van der Waals surface area contributed by atoms with Crippen LogP contribution < -0.4 is 5.32 Å². The van der Waals surface area contributed by atoms with E-state index in [4.69, 9.17) is 0 Å². The molecule has 74 valence electrons. The van der Waals surface area contributed by atoms with Crippen molar-refractivity contribution in [1.82, 2.24) is 5.32 Å². The SMILES string of the molecule is C=C(C)C(=O)C[C@H]1CCCCCN1. The van der Waals surface area contributed by atoms with Gasteiger partial charge in [0, 0.05) is 12.5 Å². The van der Waals surface area contributed by atoms with Crippen LogP contribution in [-0.2, 0) is 4.79 Å². The van der Waals surface area contributed by atoms with Crippen LogP contribution in [-0.4, -0.2) is 18.4 Å². The summed E-state index contributed by atoms with van der Waals surface area (Å²) in [6.07, 6.45) is 5.57. The number of carbonyl (C=O) groups excluding carboxylic acids is 1. The van der Waals surface area contributed by atoms with E-state index in [1.165, 1.54) is 19.3 Å². The second kappa shape index (κ2) is 5.18. The van der Waals surface area contributed by atoms with Gasteiger partial charge in [-0.25, -0.2) is 0 Å². The summed E-state index contributed by atoms with van der Waals surface area (Å²) in [5.74, 6) is 0.208. The fraction of sp³-hybridized carbons (Fsp3) is 0.727. The van der Waals surface area contributed by atoms with Crippen LogP contribution in [0.15, 0.2) is 12.2 Å². The third-order valence-electron chi connectivity index (χ3n) is 2.57. The first-order valence-electron chi connectivity index (χ1n) is 5.12. The maximum atomic E-state index is 11.4. The molecule has 0 radical (unpaired) electrons. The Morgan fingerprint density at radius 1 is 1.46 bits per heavy atom. The number of allylic oxidation sites excluding steroid dienone is 1. The van der Waals surface area contributed by atoms with Crippen molar-refractivity contribution in [2.45, 2.75) is 45.1 Å². The fourth-order valence-electron chi connectivity index (χ4n) is 1.67. The minimum absolute atomic E-state index is 0.208. The van der Waals surface area contributed by atoms with Crippen LogP contribution in [0.2, 0.25) is 0 Å². The number of carbonyl (C=O) groups is 1. The highest BCUT2D eigenvalue weighted by molar-refractivity contribution is 5.94. The van der Waals surface area contributed by atoms with Crippen molar-refractivity contribution in [3.8, 4) is 0 Å². The van der Waals surface area contributed by atoms with Crippen LogP contribution in [0.25, 0.3) is 0 Å². The number of hydrogen-bond acceptors (Lipinski definition) is 2. The van der Waals surface area contributed by atoms with E-state index >= 15 is 0 Å². The van der Waals surface area contributed by atoms with Gasteiger partial charge in [-0.05, 0) is 31.9 Å². The third-order valence-corrected chi connectivity index (χ3v) is 2.57. The molecule has 1 N–H and O–H groups in total. The molecule has 1 saturated heterocycles. The Balaban J connectivity index is 2.33. The summed E-state index contributed by atoms with van der Waals surface area (Å²) in [6.45, 7) is 6.52. The Hall–Kier alpha value is -0.630. The molecule has 0 aromatic carbocycles. The topological polar surface area (TPSA) is 29.1 Å². The molecular formula is C11H19NO. The van der Waals surface area contributed by atoms with Crippen molar-refractivity contribution in [3.63, 3.8) is 0 Å². The zero-order chi connectivity index (χ0) is 9.68. The van der Waals surface area contributed by atoms with E-state index in [1.54, 1.807) is 6.92 Å². The lowest BCUT2D eigenvalue weighted by Crippen LogP contribution is -2.30. The molecule has 1 fully saturated rings. The van der Waals surface area contributed by atoms with Gasteiger partial charge in [0.05, 0.1) is 0 Å². The molecule has 0 spiro atoms. The molecule has 1 atom stereocenters. The van der Waals surface area contributed by atoms with Gasteiger partial charge in [0.2, 0.25) is 0 Å². The average molecular weight is 181 g/mol. The van der Waals surface area contributed by atoms with Gasteiger partial charge in [-0.1, -0.05) is 19.4 Å². The molecule has 0 aromatic heterocycles. The monoisotopic (exact) mass is 181 g/mol. The van der Waals surface area contributed by atoms with Crippen LogP contribution in [0, 0.1) is 0 Å². The van der Waals surface area contributed by atoms with Gasteiger partial charge in [-0.15, -0.1) is 0 Å². The van der Waals surface area contributed by atoms with E-state index in [0.29, 0.717) is 18.0 Å².